The van der Waals surface area contributed by atoms with E-state index in [0.717, 1.165) is 11.3 Å². The van der Waals surface area contributed by atoms with Gasteiger partial charge in [0.1, 0.15) is 6.04 Å². The molecule has 138 valence electrons. The Morgan fingerprint density at radius 3 is 2.48 bits per heavy atom. The number of carbonyl (C=O) groups excluding carboxylic acids is 2. The molecule has 3 rings (SSSR count). The van der Waals surface area contributed by atoms with E-state index in [9.17, 15) is 9.59 Å². The average Bonchev–Trinajstić information content (AvgIpc) is 2.96. The van der Waals surface area contributed by atoms with Crippen LogP contribution in [0.15, 0.2) is 64.6 Å². The minimum Gasteiger partial charge on any atom is -0.369 e. The van der Waals surface area contributed by atoms with Crippen molar-refractivity contribution < 1.29 is 9.59 Å². The molecule has 8 nitrogen and oxygen atoms in total. The molecule has 0 saturated heterocycles. The number of anilines is 2. The second-order valence-corrected chi connectivity index (χ2v) is 6.06. The zero-order valence-corrected chi connectivity index (χ0v) is 14.8. The summed E-state index contributed by atoms with van der Waals surface area (Å²) in [5.74, 6) is -0.525. The third-order valence-electron chi connectivity index (χ3n) is 3.80. The van der Waals surface area contributed by atoms with E-state index in [1.54, 1.807) is 12.1 Å². The molecule has 0 aliphatic carbocycles. The summed E-state index contributed by atoms with van der Waals surface area (Å²) < 4.78 is 0. The van der Waals surface area contributed by atoms with Crippen LogP contribution in [0.25, 0.3) is 0 Å². The third-order valence-corrected chi connectivity index (χ3v) is 3.80. The SMILES string of the molecule is Cc1ccc(NC(=O)CC2N=C(/N=C(\N)Nc3ccccc3)NC2=O)cc1. The van der Waals surface area contributed by atoms with E-state index in [-0.39, 0.29) is 30.2 Å². The summed E-state index contributed by atoms with van der Waals surface area (Å²) >= 11 is 0. The van der Waals surface area contributed by atoms with E-state index in [1.165, 1.54) is 0 Å². The summed E-state index contributed by atoms with van der Waals surface area (Å²) in [6, 6.07) is 15.8. The Bertz CT molecular complexity index is 890. The van der Waals surface area contributed by atoms with Crippen molar-refractivity contribution in [2.45, 2.75) is 19.4 Å². The maximum absolute atomic E-state index is 12.1. The van der Waals surface area contributed by atoms with Gasteiger partial charge in [0.15, 0.2) is 0 Å². The van der Waals surface area contributed by atoms with Gasteiger partial charge in [-0.25, -0.2) is 4.99 Å². The van der Waals surface area contributed by atoms with E-state index in [0.29, 0.717) is 5.69 Å². The average molecular weight is 364 g/mol. The number of carbonyl (C=O) groups is 2. The van der Waals surface area contributed by atoms with Crippen molar-refractivity contribution in [1.29, 1.82) is 0 Å². The van der Waals surface area contributed by atoms with Crippen LogP contribution in [0.3, 0.4) is 0 Å². The molecule has 0 saturated carbocycles. The maximum atomic E-state index is 12.1. The summed E-state index contributed by atoms with van der Waals surface area (Å²) in [5.41, 5.74) is 8.34. The molecule has 1 aliphatic heterocycles. The fourth-order valence-corrected chi connectivity index (χ4v) is 2.46. The molecule has 2 aromatic rings. The number of guanidine groups is 2. The van der Waals surface area contributed by atoms with Crippen molar-refractivity contribution >= 4 is 35.1 Å². The zero-order valence-electron chi connectivity index (χ0n) is 14.8. The number of aliphatic imine (C=N–C) groups is 2. The summed E-state index contributed by atoms with van der Waals surface area (Å²) in [4.78, 5) is 32.3. The highest BCUT2D eigenvalue weighted by molar-refractivity contribution is 6.11. The van der Waals surface area contributed by atoms with Gasteiger partial charge in [0.2, 0.25) is 17.8 Å². The topological polar surface area (TPSA) is 121 Å². The first kappa shape index (κ1) is 18.1. The number of hydrogen-bond acceptors (Lipinski definition) is 4. The fraction of sp³-hybridized carbons (Fsp3) is 0.158. The summed E-state index contributed by atoms with van der Waals surface area (Å²) in [5, 5.41) is 8.16. The van der Waals surface area contributed by atoms with Crippen LogP contribution in [0.2, 0.25) is 0 Å². The predicted molar refractivity (Wildman–Crippen MR) is 105 cm³/mol. The van der Waals surface area contributed by atoms with E-state index < -0.39 is 6.04 Å². The van der Waals surface area contributed by atoms with Crippen molar-refractivity contribution in [1.82, 2.24) is 5.32 Å². The number of hydrogen-bond donors (Lipinski definition) is 4. The highest BCUT2D eigenvalue weighted by atomic mass is 16.2. The van der Waals surface area contributed by atoms with Gasteiger partial charge in [-0.15, -0.1) is 0 Å². The molecule has 2 amide bonds. The van der Waals surface area contributed by atoms with Crippen molar-refractivity contribution in [3.8, 4) is 0 Å². The van der Waals surface area contributed by atoms with Gasteiger partial charge in [0.05, 0.1) is 6.42 Å². The smallest absolute Gasteiger partial charge is 0.252 e. The van der Waals surface area contributed by atoms with Gasteiger partial charge in [-0.1, -0.05) is 35.9 Å². The van der Waals surface area contributed by atoms with Gasteiger partial charge in [-0.2, -0.15) is 4.99 Å². The third kappa shape index (κ3) is 5.15. The molecule has 5 N–H and O–H groups in total. The van der Waals surface area contributed by atoms with Gasteiger partial charge >= 0.3 is 0 Å². The van der Waals surface area contributed by atoms with Crippen LogP contribution in [0, 0.1) is 6.92 Å². The van der Waals surface area contributed by atoms with Crippen LogP contribution in [0.1, 0.15) is 12.0 Å². The van der Waals surface area contributed by atoms with Gasteiger partial charge in [0.25, 0.3) is 5.91 Å². The van der Waals surface area contributed by atoms with Crippen molar-refractivity contribution in [2.24, 2.45) is 15.7 Å². The van der Waals surface area contributed by atoms with E-state index in [4.69, 9.17) is 5.73 Å². The number of benzene rings is 2. The first-order valence-corrected chi connectivity index (χ1v) is 8.41. The minimum absolute atomic E-state index is 0.0778. The van der Waals surface area contributed by atoms with E-state index in [1.807, 2.05) is 49.4 Å². The van der Waals surface area contributed by atoms with Gasteiger partial charge < -0.3 is 16.4 Å². The molecule has 1 atom stereocenters. The molecule has 0 radical (unpaired) electrons. The van der Waals surface area contributed by atoms with Gasteiger partial charge in [0, 0.05) is 11.4 Å². The lowest BCUT2D eigenvalue weighted by molar-refractivity contribution is -0.123. The van der Waals surface area contributed by atoms with Crippen molar-refractivity contribution in [3.63, 3.8) is 0 Å². The molecule has 27 heavy (non-hydrogen) atoms. The van der Waals surface area contributed by atoms with Crippen LogP contribution in [-0.2, 0) is 9.59 Å². The number of amides is 2. The molecule has 0 fully saturated rings. The summed E-state index contributed by atoms with van der Waals surface area (Å²) in [6.45, 7) is 1.96. The molecule has 8 heteroatoms. The lowest BCUT2D eigenvalue weighted by Gasteiger charge is -2.07. The quantitative estimate of drug-likeness (QED) is 0.486. The number of para-hydroxylation sites is 1. The normalized spacial score (nSPS) is 16.5. The Labute approximate surface area is 156 Å². The zero-order chi connectivity index (χ0) is 19.2. The lowest BCUT2D eigenvalue weighted by atomic mass is 10.2. The number of nitrogens with zero attached hydrogens (tertiary/aromatic N) is 2. The van der Waals surface area contributed by atoms with Crippen LogP contribution in [0.5, 0.6) is 0 Å². The molecule has 1 unspecified atom stereocenters. The Morgan fingerprint density at radius 1 is 1.11 bits per heavy atom. The maximum Gasteiger partial charge on any atom is 0.252 e. The molecule has 1 heterocycles. The summed E-state index contributed by atoms with van der Waals surface area (Å²) in [6.07, 6.45) is -0.0786. The lowest BCUT2D eigenvalue weighted by Crippen LogP contribution is -2.32. The van der Waals surface area contributed by atoms with E-state index >= 15 is 0 Å². The highest BCUT2D eigenvalue weighted by Crippen LogP contribution is 2.12. The number of nitrogens with one attached hydrogen (secondary N) is 3. The Balaban J connectivity index is 1.59. The molecule has 2 aromatic carbocycles. The molecule has 0 bridgehead atoms. The van der Waals surface area contributed by atoms with Crippen molar-refractivity contribution in [2.75, 3.05) is 10.6 Å². The fourth-order valence-electron chi connectivity index (χ4n) is 2.46. The monoisotopic (exact) mass is 364 g/mol. The molecular weight excluding hydrogens is 344 g/mol. The second-order valence-electron chi connectivity index (χ2n) is 6.06. The highest BCUT2D eigenvalue weighted by Gasteiger charge is 2.28. The standard InChI is InChI=1S/C19H20N6O2/c1-12-7-9-14(10-8-12)21-16(26)11-15-17(27)24-19(23-15)25-18(20)22-13-5-3-2-4-6-13/h2-10,15H,11H2,1H3,(H,21,26)(H4,20,22,23,24,25,27). The van der Waals surface area contributed by atoms with E-state index in [2.05, 4.69) is 25.9 Å². The van der Waals surface area contributed by atoms with Crippen LogP contribution >= 0.6 is 0 Å². The molecular formula is C19H20N6O2. The van der Waals surface area contributed by atoms with Gasteiger partial charge in [-0.05, 0) is 31.2 Å². The Kier molecular flexibility index (Phi) is 5.46. The second kappa shape index (κ2) is 8.13. The Morgan fingerprint density at radius 2 is 1.78 bits per heavy atom. The van der Waals surface area contributed by atoms with Gasteiger partial charge in [-0.3, -0.25) is 14.9 Å². The molecule has 0 spiro atoms. The number of aryl methyl sites for hydroxylation is 1. The number of rotatable bonds is 4. The molecule has 1 aliphatic rings. The first-order valence-electron chi connectivity index (χ1n) is 8.41. The van der Waals surface area contributed by atoms with Crippen LogP contribution in [-0.4, -0.2) is 29.8 Å². The Hall–Kier alpha value is -3.68. The molecule has 0 aromatic heterocycles. The van der Waals surface area contributed by atoms with Crippen LogP contribution in [0.4, 0.5) is 11.4 Å². The van der Waals surface area contributed by atoms with Crippen molar-refractivity contribution in [3.05, 3.63) is 60.2 Å². The van der Waals surface area contributed by atoms with Crippen LogP contribution < -0.4 is 21.7 Å². The predicted octanol–water partition coefficient (Wildman–Crippen LogP) is 1.60. The summed E-state index contributed by atoms with van der Waals surface area (Å²) in [7, 11) is 0. The largest absolute Gasteiger partial charge is 0.369 e. The number of nitrogens with two attached hydrogens (primary N) is 1. The first-order chi connectivity index (χ1) is 13.0. The minimum atomic E-state index is -0.835.